The molecule has 2 aliphatic rings. The Bertz CT molecular complexity index is 845. The van der Waals surface area contributed by atoms with E-state index < -0.39 is 0 Å². The summed E-state index contributed by atoms with van der Waals surface area (Å²) >= 11 is 0. The number of nitrogens with one attached hydrogen (secondary N) is 1. The number of carbonyl (C=O) groups excluding carboxylic acids is 1. The fourth-order valence-corrected chi connectivity index (χ4v) is 4.50. The van der Waals surface area contributed by atoms with Gasteiger partial charge in [0.05, 0.1) is 12.3 Å². The van der Waals surface area contributed by atoms with Crippen molar-refractivity contribution < 1.29 is 14.3 Å². The molecule has 0 radical (unpaired) electrons. The normalized spacial score (nSPS) is 18.4. The quantitative estimate of drug-likeness (QED) is 0.522. The van der Waals surface area contributed by atoms with Crippen LogP contribution in [-0.2, 0) is 22.5 Å². The van der Waals surface area contributed by atoms with Crippen LogP contribution in [0.3, 0.4) is 0 Å². The van der Waals surface area contributed by atoms with Gasteiger partial charge in [0.1, 0.15) is 6.54 Å². The number of benzene rings is 2. The average Bonchev–Trinajstić information content (AvgIpc) is 2.78. The predicted molar refractivity (Wildman–Crippen MR) is 119 cm³/mol. The van der Waals surface area contributed by atoms with E-state index in [9.17, 15) is 4.79 Å². The van der Waals surface area contributed by atoms with Gasteiger partial charge in [0.15, 0.2) is 5.75 Å². The lowest BCUT2D eigenvalue weighted by Gasteiger charge is -2.42. The van der Waals surface area contributed by atoms with Crippen LogP contribution < -0.4 is 10.1 Å². The van der Waals surface area contributed by atoms with Crippen LogP contribution in [0.1, 0.15) is 37.3 Å². The molecule has 2 aliphatic heterocycles. The number of aryl methyl sites for hydroxylation is 1. The summed E-state index contributed by atoms with van der Waals surface area (Å²) in [6.45, 7) is 6.96. The summed E-state index contributed by atoms with van der Waals surface area (Å²) in [7, 11) is 0. The molecular weight excluding hydrogens is 376 g/mol. The molecular formula is C25H32N2O3. The minimum absolute atomic E-state index is 0.225. The molecule has 0 atom stereocenters. The number of esters is 1. The number of ether oxygens (including phenoxy) is 2. The van der Waals surface area contributed by atoms with Crippen LogP contribution in [0.2, 0.25) is 0 Å². The van der Waals surface area contributed by atoms with Crippen molar-refractivity contribution in [3.63, 3.8) is 0 Å². The molecule has 5 heteroatoms. The Morgan fingerprint density at radius 1 is 1.10 bits per heavy atom. The maximum atomic E-state index is 11.5. The third kappa shape index (κ3) is 5.21. The van der Waals surface area contributed by atoms with Crippen molar-refractivity contribution in [2.45, 2.75) is 39.2 Å². The molecule has 5 nitrogen and oxygen atoms in total. The molecule has 0 unspecified atom stereocenters. The molecule has 30 heavy (non-hydrogen) atoms. The van der Waals surface area contributed by atoms with Crippen molar-refractivity contribution >= 4 is 11.7 Å². The summed E-state index contributed by atoms with van der Waals surface area (Å²) in [5.41, 5.74) is 3.76. The van der Waals surface area contributed by atoms with Gasteiger partial charge in [-0.3, -0.25) is 4.90 Å². The highest BCUT2D eigenvalue weighted by molar-refractivity contribution is 5.83. The van der Waals surface area contributed by atoms with Gasteiger partial charge in [-0.2, -0.15) is 0 Å². The standard InChI is InChI=1S/C25H32N2O3/c1-2-29-19-25(11-10-20-6-4-3-5-7-20)12-14-27(15-13-25)18-21-8-9-22-23(16-21)30-24(28)17-26-22/h3-9,16,26H,2,10-15,17-19H2,1H3. The molecule has 1 saturated heterocycles. The molecule has 4 rings (SSSR count). The number of anilines is 1. The monoisotopic (exact) mass is 408 g/mol. The van der Waals surface area contributed by atoms with Crippen molar-refractivity contribution in [1.82, 2.24) is 4.90 Å². The van der Waals surface area contributed by atoms with Gasteiger partial charge in [-0.05, 0) is 74.4 Å². The van der Waals surface area contributed by atoms with Gasteiger partial charge in [0, 0.05) is 13.2 Å². The van der Waals surface area contributed by atoms with E-state index in [4.69, 9.17) is 9.47 Å². The van der Waals surface area contributed by atoms with Crippen molar-refractivity contribution in [2.75, 3.05) is 38.2 Å². The third-order valence-corrected chi connectivity index (χ3v) is 6.42. The molecule has 0 saturated carbocycles. The number of piperidine rings is 1. The first kappa shape index (κ1) is 20.9. The van der Waals surface area contributed by atoms with Gasteiger partial charge in [-0.15, -0.1) is 0 Å². The average molecular weight is 409 g/mol. The van der Waals surface area contributed by atoms with Gasteiger partial charge < -0.3 is 14.8 Å². The number of carbonyl (C=O) groups is 1. The first-order valence-electron chi connectivity index (χ1n) is 11.1. The summed E-state index contributed by atoms with van der Waals surface area (Å²) in [6.07, 6.45) is 4.59. The molecule has 2 heterocycles. The summed E-state index contributed by atoms with van der Waals surface area (Å²) in [4.78, 5) is 14.0. The lowest BCUT2D eigenvalue weighted by molar-refractivity contribution is -0.132. The van der Waals surface area contributed by atoms with E-state index in [-0.39, 0.29) is 17.9 Å². The Labute approximate surface area is 179 Å². The molecule has 1 N–H and O–H groups in total. The zero-order valence-electron chi connectivity index (χ0n) is 17.9. The van der Waals surface area contributed by atoms with E-state index in [0.29, 0.717) is 5.75 Å². The summed E-state index contributed by atoms with van der Waals surface area (Å²) in [6, 6.07) is 16.9. The number of rotatable bonds is 8. The number of nitrogens with zero attached hydrogens (tertiary/aromatic N) is 1. The maximum absolute atomic E-state index is 11.5. The largest absolute Gasteiger partial charge is 0.423 e. The second-order valence-electron chi connectivity index (χ2n) is 8.56. The Morgan fingerprint density at radius 3 is 2.67 bits per heavy atom. The van der Waals surface area contributed by atoms with E-state index >= 15 is 0 Å². The minimum Gasteiger partial charge on any atom is -0.423 e. The minimum atomic E-state index is -0.225. The number of hydrogen-bond donors (Lipinski definition) is 1. The first-order valence-corrected chi connectivity index (χ1v) is 11.1. The topological polar surface area (TPSA) is 50.8 Å². The summed E-state index contributed by atoms with van der Waals surface area (Å²) in [5.74, 6) is 0.422. The van der Waals surface area contributed by atoms with Crippen LogP contribution in [-0.4, -0.2) is 43.7 Å². The summed E-state index contributed by atoms with van der Waals surface area (Å²) in [5, 5.41) is 3.10. The van der Waals surface area contributed by atoms with Crippen LogP contribution in [0.15, 0.2) is 48.5 Å². The molecule has 0 aliphatic carbocycles. The van der Waals surface area contributed by atoms with Crippen LogP contribution in [0, 0.1) is 5.41 Å². The van der Waals surface area contributed by atoms with Crippen molar-refractivity contribution in [2.24, 2.45) is 5.41 Å². The van der Waals surface area contributed by atoms with E-state index in [1.54, 1.807) is 0 Å². The third-order valence-electron chi connectivity index (χ3n) is 6.42. The Kier molecular flexibility index (Phi) is 6.70. The van der Waals surface area contributed by atoms with E-state index in [2.05, 4.69) is 53.5 Å². The highest BCUT2D eigenvalue weighted by atomic mass is 16.5. The molecule has 1 fully saturated rings. The maximum Gasteiger partial charge on any atom is 0.330 e. The fourth-order valence-electron chi connectivity index (χ4n) is 4.50. The van der Waals surface area contributed by atoms with Crippen molar-refractivity contribution in [1.29, 1.82) is 0 Å². The highest BCUT2D eigenvalue weighted by Crippen LogP contribution is 2.37. The lowest BCUT2D eigenvalue weighted by Crippen LogP contribution is -2.42. The zero-order valence-corrected chi connectivity index (χ0v) is 17.9. The predicted octanol–water partition coefficient (Wildman–Crippen LogP) is 4.27. The molecule has 0 aromatic heterocycles. The number of hydrogen-bond acceptors (Lipinski definition) is 5. The highest BCUT2D eigenvalue weighted by Gasteiger charge is 2.34. The van der Waals surface area contributed by atoms with Crippen molar-refractivity contribution in [3.05, 3.63) is 59.7 Å². The van der Waals surface area contributed by atoms with Crippen LogP contribution >= 0.6 is 0 Å². The molecule has 0 spiro atoms. The van der Waals surface area contributed by atoms with Crippen LogP contribution in [0.5, 0.6) is 5.75 Å². The van der Waals surface area contributed by atoms with Crippen molar-refractivity contribution in [3.8, 4) is 5.75 Å². The first-order chi connectivity index (χ1) is 14.7. The molecule has 0 amide bonds. The van der Waals surface area contributed by atoms with Gasteiger partial charge in [0.2, 0.25) is 0 Å². The van der Waals surface area contributed by atoms with Crippen LogP contribution in [0.25, 0.3) is 0 Å². The van der Waals surface area contributed by atoms with Gasteiger partial charge in [0.25, 0.3) is 0 Å². The lowest BCUT2D eigenvalue weighted by atomic mass is 9.74. The smallest absolute Gasteiger partial charge is 0.330 e. The van der Waals surface area contributed by atoms with Gasteiger partial charge in [-0.25, -0.2) is 4.79 Å². The fraction of sp³-hybridized carbons (Fsp3) is 0.480. The Hall–Kier alpha value is -2.37. The Morgan fingerprint density at radius 2 is 1.90 bits per heavy atom. The number of likely N-dealkylation sites (tertiary alicyclic amines) is 1. The molecule has 2 aromatic carbocycles. The Balaban J connectivity index is 1.35. The van der Waals surface area contributed by atoms with Gasteiger partial charge >= 0.3 is 5.97 Å². The van der Waals surface area contributed by atoms with Crippen LogP contribution in [0.4, 0.5) is 5.69 Å². The SMILES string of the molecule is CCOCC1(CCc2ccccc2)CCN(Cc2ccc3c(c2)OC(=O)CN3)CC1. The molecule has 0 bridgehead atoms. The second kappa shape index (κ2) is 9.63. The molecule has 160 valence electrons. The van der Waals surface area contributed by atoms with E-state index in [1.165, 1.54) is 17.5 Å². The summed E-state index contributed by atoms with van der Waals surface area (Å²) < 4.78 is 11.3. The van der Waals surface area contributed by atoms with E-state index in [1.807, 2.05) is 12.1 Å². The van der Waals surface area contributed by atoms with E-state index in [0.717, 1.165) is 57.8 Å². The number of fused-ring (bicyclic) bond motifs is 1. The zero-order chi connectivity index (χ0) is 20.8. The van der Waals surface area contributed by atoms with Gasteiger partial charge in [-0.1, -0.05) is 36.4 Å². The molecule has 2 aromatic rings. The second-order valence-corrected chi connectivity index (χ2v) is 8.56.